The molecule has 1 saturated heterocycles. The third kappa shape index (κ3) is 2.74. The number of nitrogens with zero attached hydrogens (tertiary/aromatic N) is 1. The maximum atomic E-state index is 9.43. The summed E-state index contributed by atoms with van der Waals surface area (Å²) in [6.45, 7) is 2.21. The normalized spacial score (nSPS) is 18.9. The summed E-state index contributed by atoms with van der Waals surface area (Å²) in [6, 6.07) is 12.4. The van der Waals surface area contributed by atoms with Crippen molar-refractivity contribution in [2.75, 3.05) is 24.6 Å². The van der Waals surface area contributed by atoms with Gasteiger partial charge in [-0.2, -0.15) is 0 Å². The van der Waals surface area contributed by atoms with Gasteiger partial charge in [-0.1, -0.05) is 36.5 Å². The van der Waals surface area contributed by atoms with Crippen molar-refractivity contribution in [2.24, 2.45) is 11.7 Å². The second kappa shape index (κ2) is 6.00. The Morgan fingerprint density at radius 3 is 2.71 bits per heavy atom. The van der Waals surface area contributed by atoms with Crippen LogP contribution < -0.4 is 10.6 Å². The molecule has 1 atom stereocenters. The molecule has 0 amide bonds. The molecule has 1 aliphatic rings. The number of piperidine rings is 1. The predicted molar refractivity (Wildman–Crippen MR) is 91.9 cm³/mol. The smallest absolute Gasteiger partial charge is 0.104 e. The summed E-state index contributed by atoms with van der Waals surface area (Å²) >= 11 is 5.16. The molecule has 0 radical (unpaired) electrons. The number of hydrogen-bond donors (Lipinski definition) is 2. The van der Waals surface area contributed by atoms with Crippen LogP contribution in [0.4, 0.5) is 5.69 Å². The predicted octanol–water partition coefficient (Wildman–Crippen LogP) is 2.68. The molecule has 0 aliphatic carbocycles. The van der Waals surface area contributed by atoms with E-state index in [0.29, 0.717) is 10.9 Å². The van der Waals surface area contributed by atoms with E-state index in [4.69, 9.17) is 18.0 Å². The minimum absolute atomic E-state index is 0.263. The van der Waals surface area contributed by atoms with Crippen molar-refractivity contribution in [2.45, 2.75) is 12.8 Å². The fraction of sp³-hybridized carbons (Fsp3) is 0.353. The van der Waals surface area contributed by atoms with Gasteiger partial charge in [0.05, 0.1) is 0 Å². The van der Waals surface area contributed by atoms with Crippen LogP contribution in [0.25, 0.3) is 10.8 Å². The van der Waals surface area contributed by atoms with E-state index in [-0.39, 0.29) is 6.61 Å². The molecule has 1 aliphatic heterocycles. The summed E-state index contributed by atoms with van der Waals surface area (Å²) < 4.78 is 0. The molecule has 2 aromatic carbocycles. The first-order valence-electron chi connectivity index (χ1n) is 7.38. The molecule has 3 nitrogen and oxygen atoms in total. The van der Waals surface area contributed by atoms with E-state index >= 15 is 0 Å². The van der Waals surface area contributed by atoms with Gasteiger partial charge in [-0.3, -0.25) is 0 Å². The Morgan fingerprint density at radius 1 is 1.24 bits per heavy atom. The van der Waals surface area contributed by atoms with E-state index in [1.165, 1.54) is 11.1 Å². The Hall–Kier alpha value is -1.65. The summed E-state index contributed by atoms with van der Waals surface area (Å²) in [5.74, 6) is 0.368. The standard InChI is InChI=1S/C17H20N2OS/c18-17(21)15-7-8-16(14-6-2-1-5-13(14)15)19-9-3-4-12(10-19)11-20/h1-2,5-8,12,20H,3-4,9-11H2,(H2,18,21). The molecule has 0 spiro atoms. The van der Waals surface area contributed by atoms with Crippen molar-refractivity contribution in [3.8, 4) is 0 Å². The number of fused-ring (bicyclic) bond motifs is 1. The number of rotatable bonds is 3. The molecule has 0 bridgehead atoms. The Morgan fingerprint density at radius 2 is 2.00 bits per heavy atom. The van der Waals surface area contributed by atoms with Crippen molar-refractivity contribution in [3.63, 3.8) is 0 Å². The van der Waals surface area contributed by atoms with Crippen LogP contribution in [0.15, 0.2) is 36.4 Å². The molecule has 0 aromatic heterocycles. The van der Waals surface area contributed by atoms with Gasteiger partial charge in [0, 0.05) is 36.3 Å². The number of nitrogens with two attached hydrogens (primary N) is 1. The fourth-order valence-electron chi connectivity index (χ4n) is 3.21. The van der Waals surface area contributed by atoms with Crippen LogP contribution in [0, 0.1) is 5.92 Å². The van der Waals surface area contributed by atoms with Crippen molar-refractivity contribution < 1.29 is 5.11 Å². The number of hydrogen-bond acceptors (Lipinski definition) is 3. The Bertz CT molecular complexity index is 671. The maximum absolute atomic E-state index is 9.43. The van der Waals surface area contributed by atoms with Gasteiger partial charge in [0.1, 0.15) is 4.99 Å². The van der Waals surface area contributed by atoms with E-state index in [2.05, 4.69) is 23.1 Å². The number of thiocarbonyl (C=S) groups is 1. The first kappa shape index (κ1) is 14.3. The minimum atomic E-state index is 0.263. The van der Waals surface area contributed by atoms with Crippen LogP contribution in [-0.4, -0.2) is 29.8 Å². The zero-order chi connectivity index (χ0) is 14.8. The van der Waals surface area contributed by atoms with Crippen LogP contribution in [-0.2, 0) is 0 Å². The van der Waals surface area contributed by atoms with Gasteiger partial charge < -0.3 is 15.7 Å². The van der Waals surface area contributed by atoms with Crippen molar-refractivity contribution >= 4 is 33.7 Å². The number of benzene rings is 2. The zero-order valence-electron chi connectivity index (χ0n) is 12.0. The lowest BCUT2D eigenvalue weighted by Crippen LogP contribution is -2.36. The Labute approximate surface area is 130 Å². The molecule has 110 valence electrons. The van der Waals surface area contributed by atoms with Crippen LogP contribution in [0.5, 0.6) is 0 Å². The molecule has 1 fully saturated rings. The number of anilines is 1. The lowest BCUT2D eigenvalue weighted by Gasteiger charge is -2.34. The Balaban J connectivity index is 2.07. The van der Waals surface area contributed by atoms with E-state index in [9.17, 15) is 5.11 Å². The van der Waals surface area contributed by atoms with Gasteiger partial charge in [-0.05, 0) is 36.3 Å². The summed E-state index contributed by atoms with van der Waals surface area (Å²) in [5.41, 5.74) is 7.98. The van der Waals surface area contributed by atoms with Crippen molar-refractivity contribution in [3.05, 3.63) is 42.0 Å². The molecule has 3 N–H and O–H groups in total. The summed E-state index contributed by atoms with van der Waals surface area (Å²) in [7, 11) is 0. The van der Waals surface area contributed by atoms with Gasteiger partial charge in [-0.15, -0.1) is 0 Å². The summed E-state index contributed by atoms with van der Waals surface area (Å²) in [4.78, 5) is 2.81. The van der Waals surface area contributed by atoms with Gasteiger partial charge in [-0.25, -0.2) is 0 Å². The summed E-state index contributed by atoms with van der Waals surface area (Å²) in [5, 5.41) is 11.7. The van der Waals surface area contributed by atoms with Gasteiger partial charge in [0.25, 0.3) is 0 Å². The fourth-order valence-corrected chi connectivity index (χ4v) is 3.38. The van der Waals surface area contributed by atoms with E-state index in [1.54, 1.807) is 0 Å². The quantitative estimate of drug-likeness (QED) is 0.856. The first-order chi connectivity index (χ1) is 10.2. The lowest BCUT2D eigenvalue weighted by atomic mass is 9.96. The number of aliphatic hydroxyl groups is 1. The third-order valence-electron chi connectivity index (χ3n) is 4.28. The van der Waals surface area contributed by atoms with Crippen molar-refractivity contribution in [1.82, 2.24) is 0 Å². The third-order valence-corrected chi connectivity index (χ3v) is 4.50. The molecular weight excluding hydrogens is 280 g/mol. The highest BCUT2D eigenvalue weighted by Crippen LogP contribution is 2.32. The molecular formula is C17H20N2OS. The topological polar surface area (TPSA) is 49.5 Å². The largest absolute Gasteiger partial charge is 0.396 e. The summed E-state index contributed by atoms with van der Waals surface area (Å²) in [6.07, 6.45) is 2.23. The molecule has 4 heteroatoms. The second-order valence-corrected chi connectivity index (χ2v) is 6.12. The monoisotopic (exact) mass is 300 g/mol. The SMILES string of the molecule is NC(=S)c1ccc(N2CCCC(CO)C2)c2ccccc12. The van der Waals surface area contributed by atoms with Gasteiger partial charge >= 0.3 is 0 Å². The number of aliphatic hydroxyl groups excluding tert-OH is 1. The average molecular weight is 300 g/mol. The van der Waals surface area contributed by atoms with Crippen molar-refractivity contribution in [1.29, 1.82) is 0 Å². The van der Waals surface area contributed by atoms with Crippen LogP contribution in [0.2, 0.25) is 0 Å². The highest BCUT2D eigenvalue weighted by atomic mass is 32.1. The maximum Gasteiger partial charge on any atom is 0.104 e. The Kier molecular flexibility index (Phi) is 4.08. The van der Waals surface area contributed by atoms with Crippen LogP contribution >= 0.6 is 12.2 Å². The molecule has 1 heterocycles. The molecule has 1 unspecified atom stereocenters. The lowest BCUT2D eigenvalue weighted by molar-refractivity contribution is 0.209. The van der Waals surface area contributed by atoms with Crippen LogP contribution in [0.3, 0.4) is 0 Å². The van der Waals surface area contributed by atoms with E-state index < -0.39 is 0 Å². The van der Waals surface area contributed by atoms with E-state index in [0.717, 1.165) is 36.9 Å². The molecule has 2 aromatic rings. The average Bonchev–Trinajstić information content (AvgIpc) is 2.53. The molecule has 0 saturated carbocycles. The molecule has 21 heavy (non-hydrogen) atoms. The zero-order valence-corrected chi connectivity index (χ0v) is 12.8. The van der Waals surface area contributed by atoms with Crippen LogP contribution in [0.1, 0.15) is 18.4 Å². The second-order valence-electron chi connectivity index (χ2n) is 5.68. The highest BCUT2D eigenvalue weighted by molar-refractivity contribution is 7.80. The minimum Gasteiger partial charge on any atom is -0.396 e. The molecule has 3 rings (SSSR count). The highest BCUT2D eigenvalue weighted by Gasteiger charge is 2.21. The van der Waals surface area contributed by atoms with Gasteiger partial charge in [0.15, 0.2) is 0 Å². The van der Waals surface area contributed by atoms with E-state index in [1.807, 2.05) is 18.2 Å². The first-order valence-corrected chi connectivity index (χ1v) is 7.79. The van der Waals surface area contributed by atoms with Gasteiger partial charge in [0.2, 0.25) is 0 Å².